The van der Waals surface area contributed by atoms with Gasteiger partial charge in [-0.1, -0.05) is 19.1 Å². The fourth-order valence-electron chi connectivity index (χ4n) is 4.49. The maximum Gasteiger partial charge on any atom is 0.309 e. The van der Waals surface area contributed by atoms with Gasteiger partial charge in [0.05, 0.1) is 11.0 Å². The fraction of sp³-hybridized carbons (Fsp3) is 0.688. The van der Waals surface area contributed by atoms with E-state index in [1.165, 1.54) is 0 Å². The minimum Gasteiger partial charge on any atom is -0.481 e. The first kappa shape index (κ1) is 14.3. The number of carboxylic acids is 1. The van der Waals surface area contributed by atoms with Crippen molar-refractivity contribution in [1.82, 2.24) is 0 Å². The van der Waals surface area contributed by atoms with E-state index in [-0.39, 0.29) is 17.3 Å². The predicted molar refractivity (Wildman–Crippen MR) is 74.6 cm³/mol. The molecule has 0 radical (unpaired) electrons. The highest BCUT2D eigenvalue weighted by Crippen LogP contribution is 2.65. The summed E-state index contributed by atoms with van der Waals surface area (Å²) in [7, 11) is 0. The van der Waals surface area contributed by atoms with Crippen LogP contribution in [0, 0.1) is 22.7 Å². The quantitative estimate of drug-likeness (QED) is 0.767. The molecule has 5 atom stereocenters. The Morgan fingerprint density at radius 1 is 1.32 bits per heavy atom. The number of aliphatic hydroxyl groups is 1. The summed E-state index contributed by atoms with van der Waals surface area (Å²) in [5.74, 6) is -0.242. The molecule has 2 saturated carbocycles. The van der Waals surface area contributed by atoms with Crippen molar-refractivity contribution >= 4 is 5.97 Å². The van der Waals surface area contributed by atoms with Crippen LogP contribution in [0.15, 0.2) is 25.3 Å². The van der Waals surface area contributed by atoms with E-state index >= 15 is 0 Å². The number of rotatable bonds is 4. The summed E-state index contributed by atoms with van der Waals surface area (Å²) < 4.78 is 0. The summed E-state index contributed by atoms with van der Waals surface area (Å²) in [5, 5.41) is 20.3. The highest BCUT2D eigenvalue weighted by Gasteiger charge is 2.64. The van der Waals surface area contributed by atoms with Crippen LogP contribution in [0.25, 0.3) is 0 Å². The first-order chi connectivity index (χ1) is 8.72. The Labute approximate surface area is 115 Å². The SMILES string of the molecule is C=CC[C@@]1(C)[C@@H]2C[C@@](C)(C(=O)O)C[C@@H]2CC1(O)C=C. The highest BCUT2D eigenvalue weighted by atomic mass is 16.4. The molecule has 0 aromatic heterocycles. The second-order valence-corrected chi connectivity index (χ2v) is 6.88. The van der Waals surface area contributed by atoms with Gasteiger partial charge in [-0.3, -0.25) is 4.79 Å². The van der Waals surface area contributed by atoms with Gasteiger partial charge in [-0.25, -0.2) is 0 Å². The summed E-state index contributed by atoms with van der Waals surface area (Å²) in [4.78, 5) is 11.5. The van der Waals surface area contributed by atoms with Crippen LogP contribution < -0.4 is 0 Å². The lowest BCUT2D eigenvalue weighted by Crippen LogP contribution is -2.44. The number of allylic oxidation sites excluding steroid dienone is 1. The van der Waals surface area contributed by atoms with Crippen molar-refractivity contribution in [3.8, 4) is 0 Å². The minimum absolute atomic E-state index is 0.217. The fourth-order valence-corrected chi connectivity index (χ4v) is 4.49. The molecule has 2 rings (SSSR count). The third kappa shape index (κ3) is 1.78. The Bertz CT molecular complexity index is 430. The van der Waals surface area contributed by atoms with E-state index in [1.54, 1.807) is 6.08 Å². The number of aliphatic carboxylic acids is 1. The van der Waals surface area contributed by atoms with E-state index in [0.717, 1.165) is 0 Å². The summed E-state index contributed by atoms with van der Waals surface area (Å²) >= 11 is 0. The average molecular weight is 264 g/mol. The van der Waals surface area contributed by atoms with Crippen molar-refractivity contribution in [2.75, 3.05) is 0 Å². The molecule has 0 saturated heterocycles. The lowest BCUT2D eigenvalue weighted by molar-refractivity contribution is -0.148. The van der Waals surface area contributed by atoms with Gasteiger partial charge >= 0.3 is 5.97 Å². The monoisotopic (exact) mass is 264 g/mol. The Hall–Kier alpha value is -1.09. The van der Waals surface area contributed by atoms with Gasteiger partial charge in [0.25, 0.3) is 0 Å². The van der Waals surface area contributed by atoms with Crippen LogP contribution in [0.2, 0.25) is 0 Å². The number of hydrogen-bond donors (Lipinski definition) is 2. The van der Waals surface area contributed by atoms with Gasteiger partial charge in [0, 0.05) is 5.41 Å². The molecule has 2 aliphatic carbocycles. The summed E-state index contributed by atoms with van der Waals surface area (Å²) in [6.45, 7) is 11.5. The van der Waals surface area contributed by atoms with E-state index in [0.29, 0.717) is 25.7 Å². The van der Waals surface area contributed by atoms with E-state index < -0.39 is 17.0 Å². The molecule has 106 valence electrons. The van der Waals surface area contributed by atoms with E-state index in [2.05, 4.69) is 20.1 Å². The van der Waals surface area contributed by atoms with Crippen molar-refractivity contribution in [1.29, 1.82) is 0 Å². The Balaban J connectivity index is 2.37. The van der Waals surface area contributed by atoms with Crippen molar-refractivity contribution in [3.63, 3.8) is 0 Å². The lowest BCUT2D eigenvalue weighted by Gasteiger charge is -2.41. The Morgan fingerprint density at radius 3 is 2.42 bits per heavy atom. The molecule has 0 aliphatic heterocycles. The lowest BCUT2D eigenvalue weighted by atomic mass is 9.66. The standard InChI is InChI=1S/C16H24O3/c1-5-7-15(4)12-10-14(3,13(17)18)8-11(12)9-16(15,19)6-2/h5-6,11-12,19H,1-2,7-10H2,3-4H3,(H,17,18)/t11-,12-,14+,15+,16?/m1/s1. The van der Waals surface area contributed by atoms with Crippen LogP contribution in [-0.4, -0.2) is 21.8 Å². The second kappa shape index (κ2) is 4.20. The molecule has 0 amide bonds. The first-order valence-corrected chi connectivity index (χ1v) is 6.93. The minimum atomic E-state index is -0.906. The molecule has 0 heterocycles. The molecule has 0 aromatic carbocycles. The van der Waals surface area contributed by atoms with Crippen molar-refractivity contribution in [2.24, 2.45) is 22.7 Å². The molecule has 3 nitrogen and oxygen atoms in total. The van der Waals surface area contributed by atoms with Crippen LogP contribution in [-0.2, 0) is 4.79 Å². The smallest absolute Gasteiger partial charge is 0.309 e. The molecule has 3 heteroatoms. The Morgan fingerprint density at radius 2 is 1.95 bits per heavy atom. The molecule has 2 fully saturated rings. The van der Waals surface area contributed by atoms with Crippen molar-refractivity contribution < 1.29 is 15.0 Å². The van der Waals surface area contributed by atoms with Crippen LogP contribution in [0.1, 0.15) is 39.5 Å². The second-order valence-electron chi connectivity index (χ2n) is 6.88. The van der Waals surface area contributed by atoms with Gasteiger partial charge in [0.1, 0.15) is 0 Å². The maximum atomic E-state index is 11.5. The van der Waals surface area contributed by atoms with Crippen molar-refractivity contribution in [3.05, 3.63) is 25.3 Å². The topological polar surface area (TPSA) is 57.5 Å². The Kier molecular flexibility index (Phi) is 3.17. The molecular weight excluding hydrogens is 240 g/mol. The third-order valence-electron chi connectivity index (χ3n) is 5.76. The zero-order valence-electron chi connectivity index (χ0n) is 11.9. The van der Waals surface area contributed by atoms with Crippen LogP contribution in [0.4, 0.5) is 0 Å². The number of carbonyl (C=O) groups is 1. The van der Waals surface area contributed by atoms with Gasteiger partial charge in [0.2, 0.25) is 0 Å². The van der Waals surface area contributed by atoms with Gasteiger partial charge < -0.3 is 10.2 Å². The van der Waals surface area contributed by atoms with E-state index in [9.17, 15) is 15.0 Å². The molecule has 2 aliphatic rings. The highest BCUT2D eigenvalue weighted by molar-refractivity contribution is 5.74. The van der Waals surface area contributed by atoms with Gasteiger partial charge in [-0.15, -0.1) is 13.2 Å². The normalized spacial score (nSPS) is 48.8. The molecule has 0 bridgehead atoms. The summed E-state index contributed by atoms with van der Waals surface area (Å²) in [6, 6.07) is 0. The van der Waals surface area contributed by atoms with E-state index in [4.69, 9.17) is 0 Å². The first-order valence-electron chi connectivity index (χ1n) is 6.93. The zero-order chi connectivity index (χ0) is 14.5. The predicted octanol–water partition coefficient (Wildman–Crippen LogP) is 3.01. The van der Waals surface area contributed by atoms with E-state index in [1.807, 2.05) is 13.0 Å². The summed E-state index contributed by atoms with van der Waals surface area (Å²) in [6.07, 6.45) is 6.06. The third-order valence-corrected chi connectivity index (χ3v) is 5.76. The molecule has 0 aromatic rings. The zero-order valence-corrected chi connectivity index (χ0v) is 11.9. The van der Waals surface area contributed by atoms with Gasteiger partial charge in [0.15, 0.2) is 0 Å². The van der Waals surface area contributed by atoms with Crippen LogP contribution in [0.3, 0.4) is 0 Å². The van der Waals surface area contributed by atoms with Crippen LogP contribution >= 0.6 is 0 Å². The molecule has 2 N–H and O–H groups in total. The number of carboxylic acid groups (broad SMARTS) is 1. The van der Waals surface area contributed by atoms with Gasteiger partial charge in [-0.05, 0) is 44.4 Å². The van der Waals surface area contributed by atoms with Crippen molar-refractivity contribution in [2.45, 2.75) is 45.1 Å². The molecule has 0 spiro atoms. The molecule has 1 unspecified atom stereocenters. The maximum absolute atomic E-state index is 11.5. The molecular formula is C16H24O3. The summed E-state index contributed by atoms with van der Waals surface area (Å²) in [5.41, 5.74) is -1.91. The average Bonchev–Trinajstić information content (AvgIpc) is 2.75. The number of fused-ring (bicyclic) bond motifs is 1. The largest absolute Gasteiger partial charge is 0.481 e. The van der Waals surface area contributed by atoms with Crippen LogP contribution in [0.5, 0.6) is 0 Å². The number of hydrogen-bond acceptors (Lipinski definition) is 2. The molecule has 19 heavy (non-hydrogen) atoms. The van der Waals surface area contributed by atoms with Gasteiger partial charge in [-0.2, -0.15) is 0 Å².